The number of thiazole rings is 1. The molecule has 5 nitrogen and oxygen atoms in total. The van der Waals surface area contributed by atoms with Crippen LogP contribution in [0.3, 0.4) is 0 Å². The van der Waals surface area contributed by atoms with Crippen molar-refractivity contribution in [3.8, 4) is 0 Å². The van der Waals surface area contributed by atoms with Crippen LogP contribution in [0.4, 0.5) is 0 Å². The molecule has 0 atom stereocenters. The minimum Gasteiger partial charge on any atom is -0.461 e. The molecule has 26 heavy (non-hydrogen) atoms. The second-order valence-corrected chi connectivity index (χ2v) is 7.45. The van der Waals surface area contributed by atoms with Crippen molar-refractivity contribution >= 4 is 23.2 Å². The quantitative estimate of drug-likeness (QED) is 0.624. The van der Waals surface area contributed by atoms with Crippen LogP contribution in [0.2, 0.25) is 0 Å². The van der Waals surface area contributed by atoms with Crippen molar-refractivity contribution in [1.82, 2.24) is 9.88 Å². The number of esters is 1. The van der Waals surface area contributed by atoms with Gasteiger partial charge in [0.25, 0.3) is 0 Å². The molecule has 140 valence electrons. The third-order valence-corrected chi connectivity index (χ3v) is 4.72. The van der Waals surface area contributed by atoms with Crippen molar-refractivity contribution in [2.75, 3.05) is 13.2 Å². The summed E-state index contributed by atoms with van der Waals surface area (Å²) in [7, 11) is 0. The van der Waals surface area contributed by atoms with Crippen molar-refractivity contribution in [2.45, 2.75) is 40.2 Å². The summed E-state index contributed by atoms with van der Waals surface area (Å²) in [6.45, 7) is 7.47. The summed E-state index contributed by atoms with van der Waals surface area (Å²) >= 11 is 1.38. The molecule has 0 unspecified atom stereocenters. The maximum absolute atomic E-state index is 12.8. The first-order valence-corrected chi connectivity index (χ1v) is 9.80. The minimum absolute atomic E-state index is 0.0738. The largest absolute Gasteiger partial charge is 0.461 e. The van der Waals surface area contributed by atoms with Gasteiger partial charge in [-0.25, -0.2) is 9.78 Å². The Morgan fingerprint density at radius 1 is 1.23 bits per heavy atom. The van der Waals surface area contributed by atoms with E-state index in [9.17, 15) is 9.59 Å². The molecule has 6 heteroatoms. The standard InChI is InChI=1S/C20H26N2O3S/c1-4-25-20(24)17-14-26-18(21-17)13-22(11-10-15(2)3)19(23)12-16-8-6-5-7-9-16/h5-9,14-15H,4,10-13H2,1-3H3. The Kier molecular flexibility index (Phi) is 7.78. The van der Waals surface area contributed by atoms with Gasteiger partial charge in [-0.3, -0.25) is 4.79 Å². The zero-order valence-electron chi connectivity index (χ0n) is 15.6. The zero-order valence-corrected chi connectivity index (χ0v) is 16.4. The van der Waals surface area contributed by atoms with Gasteiger partial charge in [0, 0.05) is 11.9 Å². The third-order valence-electron chi connectivity index (χ3n) is 3.89. The van der Waals surface area contributed by atoms with Crippen molar-refractivity contribution in [1.29, 1.82) is 0 Å². The molecule has 0 bridgehead atoms. The lowest BCUT2D eigenvalue weighted by atomic mass is 10.1. The van der Waals surface area contributed by atoms with E-state index in [0.717, 1.165) is 17.0 Å². The van der Waals surface area contributed by atoms with Gasteiger partial charge >= 0.3 is 5.97 Å². The lowest BCUT2D eigenvalue weighted by Gasteiger charge is -2.23. The molecule has 2 aromatic rings. The van der Waals surface area contributed by atoms with E-state index in [2.05, 4.69) is 18.8 Å². The Bertz CT molecular complexity index is 713. The molecule has 0 saturated heterocycles. The molecule has 0 saturated carbocycles. The maximum atomic E-state index is 12.8. The van der Waals surface area contributed by atoms with Crippen molar-refractivity contribution in [2.24, 2.45) is 5.92 Å². The van der Waals surface area contributed by atoms with Crippen molar-refractivity contribution < 1.29 is 14.3 Å². The molecule has 0 fully saturated rings. The fourth-order valence-electron chi connectivity index (χ4n) is 2.43. The highest BCUT2D eigenvalue weighted by Gasteiger charge is 2.18. The molecule has 1 heterocycles. The van der Waals surface area contributed by atoms with Gasteiger partial charge < -0.3 is 9.64 Å². The number of ether oxygens (including phenoxy) is 1. The molecule has 2 rings (SSSR count). The van der Waals surface area contributed by atoms with Crippen LogP contribution in [0, 0.1) is 5.92 Å². The van der Waals surface area contributed by atoms with Crippen LogP contribution in [0.25, 0.3) is 0 Å². The number of hydrogen-bond donors (Lipinski definition) is 0. The molecule has 0 radical (unpaired) electrons. The lowest BCUT2D eigenvalue weighted by Crippen LogP contribution is -2.33. The van der Waals surface area contributed by atoms with Crippen molar-refractivity contribution in [3.63, 3.8) is 0 Å². The normalized spacial score (nSPS) is 10.8. The van der Waals surface area contributed by atoms with Crippen LogP contribution in [-0.4, -0.2) is 34.9 Å². The van der Waals surface area contributed by atoms with Gasteiger partial charge in [-0.15, -0.1) is 11.3 Å². The highest BCUT2D eigenvalue weighted by atomic mass is 32.1. The van der Waals surface area contributed by atoms with Crippen LogP contribution in [-0.2, 0) is 22.5 Å². The van der Waals surface area contributed by atoms with Gasteiger partial charge in [-0.1, -0.05) is 44.2 Å². The zero-order chi connectivity index (χ0) is 18.9. The molecule has 1 amide bonds. The lowest BCUT2D eigenvalue weighted by molar-refractivity contribution is -0.131. The Morgan fingerprint density at radius 3 is 2.62 bits per heavy atom. The van der Waals surface area contributed by atoms with E-state index in [1.54, 1.807) is 12.3 Å². The molecular formula is C20H26N2O3S. The SMILES string of the molecule is CCOC(=O)c1csc(CN(CCC(C)C)C(=O)Cc2ccccc2)n1. The van der Waals surface area contributed by atoms with Crippen LogP contribution < -0.4 is 0 Å². The van der Waals surface area contributed by atoms with E-state index >= 15 is 0 Å². The molecule has 0 spiro atoms. The fourth-order valence-corrected chi connectivity index (χ4v) is 3.21. The van der Waals surface area contributed by atoms with Gasteiger partial charge in [-0.05, 0) is 24.8 Å². The summed E-state index contributed by atoms with van der Waals surface area (Å²) in [6.07, 6.45) is 1.30. The molecule has 1 aromatic carbocycles. The van der Waals surface area contributed by atoms with Gasteiger partial charge in [0.05, 0.1) is 19.6 Å². The van der Waals surface area contributed by atoms with E-state index in [1.165, 1.54) is 11.3 Å². The first kappa shape index (κ1) is 20.1. The molecule has 0 N–H and O–H groups in total. The fraction of sp³-hybridized carbons (Fsp3) is 0.450. The van der Waals surface area contributed by atoms with Gasteiger partial charge in [-0.2, -0.15) is 0 Å². The van der Waals surface area contributed by atoms with E-state index < -0.39 is 5.97 Å². The summed E-state index contributed by atoms with van der Waals surface area (Å²) in [4.78, 5) is 30.7. The Morgan fingerprint density at radius 2 is 1.96 bits per heavy atom. The second-order valence-electron chi connectivity index (χ2n) is 6.51. The number of amides is 1. The Hall–Kier alpha value is -2.21. The number of benzene rings is 1. The summed E-state index contributed by atoms with van der Waals surface area (Å²) in [5, 5.41) is 2.44. The van der Waals surface area contributed by atoms with Crippen LogP contribution in [0.15, 0.2) is 35.7 Å². The number of rotatable bonds is 9. The molecular weight excluding hydrogens is 348 g/mol. The first-order valence-electron chi connectivity index (χ1n) is 8.92. The molecule has 0 aliphatic heterocycles. The van der Waals surface area contributed by atoms with Gasteiger partial charge in [0.15, 0.2) is 5.69 Å². The van der Waals surface area contributed by atoms with Crippen LogP contribution in [0.1, 0.15) is 48.3 Å². The average molecular weight is 375 g/mol. The van der Waals surface area contributed by atoms with E-state index in [0.29, 0.717) is 37.7 Å². The van der Waals surface area contributed by atoms with Crippen LogP contribution in [0.5, 0.6) is 0 Å². The summed E-state index contributed by atoms with van der Waals surface area (Å²) in [6, 6.07) is 9.74. The monoisotopic (exact) mass is 374 g/mol. The Labute approximate surface area is 159 Å². The van der Waals surface area contributed by atoms with E-state index in [4.69, 9.17) is 4.74 Å². The first-order chi connectivity index (χ1) is 12.5. The maximum Gasteiger partial charge on any atom is 0.357 e. The third kappa shape index (κ3) is 6.26. The minimum atomic E-state index is -0.417. The van der Waals surface area contributed by atoms with E-state index in [1.807, 2.05) is 35.2 Å². The average Bonchev–Trinajstić information content (AvgIpc) is 3.08. The predicted molar refractivity (Wildman–Crippen MR) is 103 cm³/mol. The predicted octanol–water partition coefficient (Wildman–Crippen LogP) is 3.94. The topological polar surface area (TPSA) is 59.5 Å². The Balaban J connectivity index is 2.06. The number of carbonyl (C=O) groups excluding carboxylic acids is 2. The summed E-state index contributed by atoms with van der Waals surface area (Å²) in [5.41, 5.74) is 1.31. The summed E-state index contributed by atoms with van der Waals surface area (Å²) < 4.78 is 4.98. The number of aromatic nitrogens is 1. The van der Waals surface area contributed by atoms with Crippen molar-refractivity contribution in [3.05, 3.63) is 52.0 Å². The smallest absolute Gasteiger partial charge is 0.357 e. The number of nitrogens with zero attached hydrogens (tertiary/aromatic N) is 2. The highest BCUT2D eigenvalue weighted by Crippen LogP contribution is 2.16. The van der Waals surface area contributed by atoms with Crippen LogP contribution >= 0.6 is 11.3 Å². The highest BCUT2D eigenvalue weighted by molar-refractivity contribution is 7.09. The molecule has 0 aliphatic carbocycles. The van der Waals surface area contributed by atoms with E-state index in [-0.39, 0.29) is 5.91 Å². The molecule has 0 aliphatic rings. The number of carbonyl (C=O) groups is 2. The van der Waals surface area contributed by atoms with Gasteiger partial charge in [0.1, 0.15) is 5.01 Å². The molecule has 1 aromatic heterocycles. The summed E-state index contributed by atoms with van der Waals surface area (Å²) in [5.74, 6) is 0.164. The second kappa shape index (κ2) is 10.1. The number of hydrogen-bond acceptors (Lipinski definition) is 5. The van der Waals surface area contributed by atoms with Gasteiger partial charge in [0.2, 0.25) is 5.91 Å².